The summed E-state index contributed by atoms with van der Waals surface area (Å²) in [6.07, 6.45) is 0. The maximum Gasteiger partial charge on any atom is 0.189 e. The Balaban J connectivity index is 2.06. The van der Waals surface area contributed by atoms with E-state index in [9.17, 15) is 0 Å². The Bertz CT molecular complexity index is 644. The lowest BCUT2D eigenvalue weighted by Gasteiger charge is -2.04. The number of guanidine groups is 1. The van der Waals surface area contributed by atoms with Gasteiger partial charge in [-0.25, -0.2) is 9.98 Å². The van der Waals surface area contributed by atoms with Gasteiger partial charge >= 0.3 is 0 Å². The molecule has 0 saturated carbocycles. The first kappa shape index (κ1) is 15.3. The summed E-state index contributed by atoms with van der Waals surface area (Å²) >= 11 is 1.66. The number of nitrogens with zero attached hydrogens (tertiary/aromatic N) is 2. The van der Waals surface area contributed by atoms with Gasteiger partial charge in [0.05, 0.1) is 12.2 Å². The molecule has 21 heavy (non-hydrogen) atoms. The topological polar surface area (TPSA) is 63.3 Å². The van der Waals surface area contributed by atoms with Crippen LogP contribution in [0.2, 0.25) is 0 Å². The molecule has 2 rings (SSSR count). The average Bonchev–Trinajstić information content (AvgIpc) is 2.85. The predicted molar refractivity (Wildman–Crippen MR) is 90.4 cm³/mol. The van der Waals surface area contributed by atoms with Crippen LogP contribution in [-0.2, 0) is 6.54 Å². The number of aliphatic imine (C=N–C) groups is 1. The zero-order valence-electron chi connectivity index (χ0n) is 12.4. The third kappa shape index (κ3) is 4.43. The van der Waals surface area contributed by atoms with Crippen molar-refractivity contribution < 1.29 is 0 Å². The van der Waals surface area contributed by atoms with Gasteiger partial charge in [0.25, 0.3) is 0 Å². The third-order valence-electron chi connectivity index (χ3n) is 2.88. The molecule has 0 spiro atoms. The van der Waals surface area contributed by atoms with Crippen molar-refractivity contribution in [3.63, 3.8) is 0 Å². The van der Waals surface area contributed by atoms with E-state index in [0.29, 0.717) is 19.0 Å². The standard InChI is InChI=1S/C16H20N4S/c1-11(2)9-18-16(17)19-10-14-12(3)20-15(21-14)13-7-5-4-6-8-13/h4-8H,1,9-10H2,2-3H3,(H3,17,18,19). The van der Waals surface area contributed by atoms with E-state index in [1.54, 1.807) is 11.3 Å². The molecule has 0 atom stereocenters. The fraction of sp³-hybridized carbons (Fsp3) is 0.250. The van der Waals surface area contributed by atoms with Crippen molar-refractivity contribution in [1.82, 2.24) is 10.3 Å². The normalized spacial score (nSPS) is 11.4. The number of thiazole rings is 1. The zero-order valence-corrected chi connectivity index (χ0v) is 13.2. The zero-order chi connectivity index (χ0) is 15.2. The minimum absolute atomic E-state index is 0.437. The van der Waals surface area contributed by atoms with Crippen LogP contribution in [0.1, 0.15) is 17.5 Å². The number of nitrogens with two attached hydrogens (primary N) is 1. The lowest BCUT2D eigenvalue weighted by Crippen LogP contribution is -2.32. The summed E-state index contributed by atoms with van der Waals surface area (Å²) in [5.41, 5.74) is 8.98. The summed E-state index contributed by atoms with van der Waals surface area (Å²) in [6, 6.07) is 10.2. The van der Waals surface area contributed by atoms with Gasteiger partial charge in [0.2, 0.25) is 0 Å². The summed E-state index contributed by atoms with van der Waals surface area (Å²) < 4.78 is 0. The van der Waals surface area contributed by atoms with Gasteiger partial charge in [-0.3, -0.25) is 0 Å². The van der Waals surface area contributed by atoms with E-state index in [-0.39, 0.29) is 0 Å². The van der Waals surface area contributed by atoms with Gasteiger partial charge in [-0.15, -0.1) is 11.3 Å². The lowest BCUT2D eigenvalue weighted by molar-refractivity contribution is 0.941. The third-order valence-corrected chi connectivity index (χ3v) is 4.07. The number of hydrogen-bond acceptors (Lipinski definition) is 3. The molecule has 1 heterocycles. The number of aryl methyl sites for hydroxylation is 1. The highest BCUT2D eigenvalue weighted by Crippen LogP contribution is 2.28. The Hall–Kier alpha value is -2.14. The number of rotatable bonds is 5. The molecule has 0 aliphatic rings. The molecule has 0 aliphatic carbocycles. The first-order valence-corrected chi connectivity index (χ1v) is 7.58. The van der Waals surface area contributed by atoms with E-state index in [0.717, 1.165) is 26.7 Å². The number of aromatic nitrogens is 1. The molecule has 0 radical (unpaired) electrons. The van der Waals surface area contributed by atoms with E-state index >= 15 is 0 Å². The highest BCUT2D eigenvalue weighted by atomic mass is 32.1. The molecule has 0 amide bonds. The fourth-order valence-electron chi connectivity index (χ4n) is 1.73. The molecule has 0 bridgehead atoms. The molecule has 3 N–H and O–H groups in total. The summed E-state index contributed by atoms with van der Waals surface area (Å²) in [5.74, 6) is 0.437. The van der Waals surface area contributed by atoms with Gasteiger partial charge < -0.3 is 11.1 Å². The molecule has 0 fully saturated rings. The van der Waals surface area contributed by atoms with Crippen LogP contribution in [0, 0.1) is 6.92 Å². The van der Waals surface area contributed by atoms with Gasteiger partial charge in [-0.2, -0.15) is 0 Å². The van der Waals surface area contributed by atoms with Crippen LogP contribution in [0.15, 0.2) is 47.5 Å². The Labute approximate surface area is 129 Å². The molecule has 2 aromatic rings. The van der Waals surface area contributed by atoms with Crippen LogP contribution in [-0.4, -0.2) is 17.5 Å². The maximum absolute atomic E-state index is 5.82. The highest BCUT2D eigenvalue weighted by molar-refractivity contribution is 7.15. The number of benzene rings is 1. The van der Waals surface area contributed by atoms with Crippen molar-refractivity contribution in [2.75, 3.05) is 6.54 Å². The van der Waals surface area contributed by atoms with E-state index in [1.807, 2.05) is 32.0 Å². The quantitative estimate of drug-likeness (QED) is 0.506. The SMILES string of the molecule is C=C(C)CNC(N)=NCc1sc(-c2ccccc2)nc1C. The van der Waals surface area contributed by atoms with Crippen molar-refractivity contribution >= 4 is 17.3 Å². The van der Waals surface area contributed by atoms with Crippen LogP contribution < -0.4 is 11.1 Å². The maximum atomic E-state index is 5.82. The van der Waals surface area contributed by atoms with Crippen LogP contribution in [0.25, 0.3) is 10.6 Å². The predicted octanol–water partition coefficient (Wildman–Crippen LogP) is 3.10. The monoisotopic (exact) mass is 300 g/mol. The van der Waals surface area contributed by atoms with Crippen molar-refractivity contribution in [3.8, 4) is 10.6 Å². The summed E-state index contributed by atoms with van der Waals surface area (Å²) in [7, 11) is 0. The van der Waals surface area contributed by atoms with Crippen LogP contribution >= 0.6 is 11.3 Å². The molecule has 1 aromatic carbocycles. The summed E-state index contributed by atoms with van der Waals surface area (Å²) in [5, 5.41) is 4.04. The summed E-state index contributed by atoms with van der Waals surface area (Å²) in [6.45, 7) is 8.96. The van der Waals surface area contributed by atoms with E-state index in [1.165, 1.54) is 0 Å². The Morgan fingerprint density at radius 3 is 2.76 bits per heavy atom. The Morgan fingerprint density at radius 2 is 2.10 bits per heavy atom. The first-order chi connectivity index (χ1) is 10.1. The molecule has 1 aromatic heterocycles. The van der Waals surface area contributed by atoms with Gasteiger partial charge in [0, 0.05) is 17.0 Å². The van der Waals surface area contributed by atoms with Gasteiger partial charge in [0.15, 0.2) is 5.96 Å². The molecular weight excluding hydrogens is 280 g/mol. The molecule has 0 saturated heterocycles. The van der Waals surface area contributed by atoms with E-state index in [4.69, 9.17) is 5.73 Å². The average molecular weight is 300 g/mol. The van der Waals surface area contributed by atoms with Gasteiger partial charge in [-0.05, 0) is 13.8 Å². The minimum Gasteiger partial charge on any atom is -0.370 e. The minimum atomic E-state index is 0.437. The van der Waals surface area contributed by atoms with Gasteiger partial charge in [0.1, 0.15) is 5.01 Å². The summed E-state index contributed by atoms with van der Waals surface area (Å²) in [4.78, 5) is 10.1. The second-order valence-electron chi connectivity index (χ2n) is 4.91. The van der Waals surface area contributed by atoms with Crippen LogP contribution in [0.3, 0.4) is 0 Å². The fourth-order valence-corrected chi connectivity index (χ4v) is 2.73. The van der Waals surface area contributed by atoms with E-state index < -0.39 is 0 Å². The van der Waals surface area contributed by atoms with Crippen molar-refractivity contribution in [3.05, 3.63) is 53.1 Å². The van der Waals surface area contributed by atoms with Gasteiger partial charge in [-0.1, -0.05) is 42.5 Å². The lowest BCUT2D eigenvalue weighted by atomic mass is 10.2. The van der Waals surface area contributed by atoms with Crippen LogP contribution in [0.4, 0.5) is 0 Å². The van der Waals surface area contributed by atoms with Crippen LogP contribution in [0.5, 0.6) is 0 Å². The molecule has 4 nitrogen and oxygen atoms in total. The number of hydrogen-bond donors (Lipinski definition) is 2. The Kier molecular flexibility index (Phi) is 5.11. The largest absolute Gasteiger partial charge is 0.370 e. The Morgan fingerprint density at radius 1 is 1.38 bits per heavy atom. The molecule has 110 valence electrons. The van der Waals surface area contributed by atoms with Crippen molar-refractivity contribution in [1.29, 1.82) is 0 Å². The van der Waals surface area contributed by atoms with Crippen molar-refractivity contribution in [2.45, 2.75) is 20.4 Å². The second kappa shape index (κ2) is 7.04. The van der Waals surface area contributed by atoms with E-state index in [2.05, 4.69) is 34.0 Å². The smallest absolute Gasteiger partial charge is 0.189 e. The van der Waals surface area contributed by atoms with Crippen molar-refractivity contribution in [2.24, 2.45) is 10.7 Å². The second-order valence-corrected chi connectivity index (χ2v) is 5.99. The first-order valence-electron chi connectivity index (χ1n) is 6.76. The highest BCUT2D eigenvalue weighted by Gasteiger charge is 2.08. The molecular formula is C16H20N4S. The molecule has 5 heteroatoms. The molecule has 0 aliphatic heterocycles. The number of nitrogens with one attached hydrogen (secondary N) is 1. The molecule has 0 unspecified atom stereocenters.